The number of hydrogen-bond acceptors (Lipinski definition) is 3. The largest absolute Gasteiger partial charge is 0.441 e. The maximum atomic E-state index is 12.2. The summed E-state index contributed by atoms with van der Waals surface area (Å²) in [4.78, 5) is 16.6. The van der Waals surface area contributed by atoms with Gasteiger partial charge >= 0.3 is 0 Å². The van der Waals surface area contributed by atoms with Crippen LogP contribution in [0.25, 0.3) is 11.5 Å². The summed E-state index contributed by atoms with van der Waals surface area (Å²) in [5.41, 5.74) is 2.22. The molecule has 0 atom stereocenters. The fraction of sp³-hybridized carbons (Fsp3) is 0.111. The van der Waals surface area contributed by atoms with Crippen LogP contribution in [0.5, 0.6) is 0 Å². The molecule has 0 spiro atoms. The van der Waals surface area contributed by atoms with Crippen LogP contribution in [0.2, 0.25) is 0 Å². The molecular formula is C18H16N2O2. The van der Waals surface area contributed by atoms with Gasteiger partial charge in [-0.2, -0.15) is 0 Å². The van der Waals surface area contributed by atoms with Crippen molar-refractivity contribution < 1.29 is 9.21 Å². The van der Waals surface area contributed by atoms with Crippen LogP contribution in [-0.4, -0.2) is 10.9 Å². The van der Waals surface area contributed by atoms with Crippen molar-refractivity contribution in [2.45, 2.75) is 13.5 Å². The molecule has 3 aromatic rings. The number of aromatic nitrogens is 1. The van der Waals surface area contributed by atoms with Crippen LogP contribution in [0, 0.1) is 6.92 Å². The lowest BCUT2D eigenvalue weighted by Crippen LogP contribution is -2.23. The number of aryl methyl sites for hydroxylation is 1. The molecule has 0 aliphatic rings. The predicted octanol–water partition coefficient (Wildman–Crippen LogP) is 3.58. The van der Waals surface area contributed by atoms with E-state index < -0.39 is 0 Å². The quantitative estimate of drug-likeness (QED) is 0.799. The van der Waals surface area contributed by atoms with Crippen LogP contribution in [0.3, 0.4) is 0 Å². The van der Waals surface area contributed by atoms with E-state index in [1.54, 1.807) is 6.92 Å². The Kier molecular flexibility index (Phi) is 4.01. The van der Waals surface area contributed by atoms with Gasteiger partial charge in [0.2, 0.25) is 5.89 Å². The molecule has 0 aliphatic heterocycles. The average Bonchev–Trinajstić information content (AvgIpc) is 2.96. The summed E-state index contributed by atoms with van der Waals surface area (Å²) in [6.45, 7) is 2.21. The van der Waals surface area contributed by atoms with Crippen molar-refractivity contribution in [3.05, 3.63) is 77.7 Å². The van der Waals surface area contributed by atoms with E-state index in [2.05, 4.69) is 10.3 Å². The molecule has 4 nitrogen and oxygen atoms in total. The smallest absolute Gasteiger partial charge is 0.273 e. The van der Waals surface area contributed by atoms with Crippen LogP contribution in [0.15, 0.2) is 65.1 Å². The van der Waals surface area contributed by atoms with Gasteiger partial charge in [-0.1, -0.05) is 48.5 Å². The van der Waals surface area contributed by atoms with Crippen LogP contribution in [0.4, 0.5) is 0 Å². The Labute approximate surface area is 128 Å². The molecule has 0 saturated heterocycles. The molecule has 3 rings (SSSR count). The van der Waals surface area contributed by atoms with Crippen molar-refractivity contribution in [3.63, 3.8) is 0 Å². The molecular weight excluding hydrogens is 276 g/mol. The molecule has 1 aromatic heterocycles. The van der Waals surface area contributed by atoms with E-state index in [0.29, 0.717) is 23.9 Å². The van der Waals surface area contributed by atoms with Gasteiger partial charge in [0.1, 0.15) is 5.76 Å². The minimum atomic E-state index is -0.229. The van der Waals surface area contributed by atoms with Crippen molar-refractivity contribution in [1.29, 1.82) is 0 Å². The van der Waals surface area contributed by atoms with Gasteiger partial charge in [-0.05, 0) is 24.6 Å². The molecule has 1 heterocycles. The molecule has 0 fully saturated rings. The lowest BCUT2D eigenvalue weighted by Gasteiger charge is -2.03. The maximum Gasteiger partial charge on any atom is 0.273 e. The van der Waals surface area contributed by atoms with Crippen LogP contribution in [-0.2, 0) is 6.54 Å². The van der Waals surface area contributed by atoms with Crippen LogP contribution >= 0.6 is 0 Å². The highest BCUT2D eigenvalue weighted by molar-refractivity contribution is 5.93. The predicted molar refractivity (Wildman–Crippen MR) is 84.3 cm³/mol. The lowest BCUT2D eigenvalue weighted by atomic mass is 10.2. The normalized spacial score (nSPS) is 10.4. The Bertz CT molecular complexity index is 764. The number of nitrogens with one attached hydrogen (secondary N) is 1. The van der Waals surface area contributed by atoms with Crippen molar-refractivity contribution in [1.82, 2.24) is 10.3 Å². The third-order valence-corrected chi connectivity index (χ3v) is 3.33. The first-order chi connectivity index (χ1) is 10.7. The van der Waals surface area contributed by atoms with E-state index >= 15 is 0 Å². The van der Waals surface area contributed by atoms with Crippen LogP contribution in [0.1, 0.15) is 21.8 Å². The SMILES string of the molecule is Cc1oc(-c2ccccc2)nc1C(=O)NCc1ccccc1. The summed E-state index contributed by atoms with van der Waals surface area (Å²) in [5, 5.41) is 2.86. The number of carbonyl (C=O) groups excluding carboxylic acids is 1. The Morgan fingerprint density at radius 2 is 1.68 bits per heavy atom. The van der Waals surface area contributed by atoms with Crippen molar-refractivity contribution in [3.8, 4) is 11.5 Å². The molecule has 4 heteroatoms. The van der Waals surface area contributed by atoms with Gasteiger partial charge in [-0.25, -0.2) is 4.98 Å². The number of amides is 1. The zero-order chi connectivity index (χ0) is 15.4. The summed E-state index contributed by atoms with van der Waals surface area (Å²) >= 11 is 0. The average molecular weight is 292 g/mol. The van der Waals surface area contributed by atoms with Crippen molar-refractivity contribution >= 4 is 5.91 Å². The molecule has 1 N–H and O–H groups in total. The highest BCUT2D eigenvalue weighted by Gasteiger charge is 2.17. The second-order valence-corrected chi connectivity index (χ2v) is 4.96. The van der Waals surface area contributed by atoms with Gasteiger partial charge in [0.15, 0.2) is 5.69 Å². The molecule has 0 bridgehead atoms. The molecule has 110 valence electrons. The fourth-order valence-corrected chi connectivity index (χ4v) is 2.17. The summed E-state index contributed by atoms with van der Waals surface area (Å²) in [6.07, 6.45) is 0. The molecule has 0 saturated carbocycles. The summed E-state index contributed by atoms with van der Waals surface area (Å²) in [6, 6.07) is 19.3. The van der Waals surface area contributed by atoms with Gasteiger partial charge in [0.25, 0.3) is 5.91 Å². The zero-order valence-electron chi connectivity index (χ0n) is 12.2. The van der Waals surface area contributed by atoms with Gasteiger partial charge in [-0.3, -0.25) is 4.79 Å². The van der Waals surface area contributed by atoms with Gasteiger partial charge in [-0.15, -0.1) is 0 Å². The Hall–Kier alpha value is -2.88. The van der Waals surface area contributed by atoms with Gasteiger partial charge in [0.05, 0.1) is 0 Å². The van der Waals surface area contributed by atoms with E-state index in [9.17, 15) is 4.79 Å². The highest BCUT2D eigenvalue weighted by atomic mass is 16.4. The first-order valence-electron chi connectivity index (χ1n) is 7.09. The molecule has 2 aromatic carbocycles. The summed E-state index contributed by atoms with van der Waals surface area (Å²) in [7, 11) is 0. The lowest BCUT2D eigenvalue weighted by molar-refractivity contribution is 0.0945. The standard InChI is InChI=1S/C18H16N2O2/c1-13-16(17(21)19-12-14-8-4-2-5-9-14)20-18(22-13)15-10-6-3-7-11-15/h2-11H,12H2,1H3,(H,19,21). The maximum absolute atomic E-state index is 12.2. The molecule has 1 amide bonds. The molecule has 22 heavy (non-hydrogen) atoms. The third kappa shape index (κ3) is 3.06. The number of hydrogen-bond donors (Lipinski definition) is 1. The van der Waals surface area contributed by atoms with E-state index in [4.69, 9.17) is 4.42 Å². The van der Waals surface area contributed by atoms with E-state index in [0.717, 1.165) is 11.1 Å². The summed E-state index contributed by atoms with van der Waals surface area (Å²) in [5.74, 6) is 0.750. The number of rotatable bonds is 4. The third-order valence-electron chi connectivity index (χ3n) is 3.33. The molecule has 0 radical (unpaired) electrons. The fourth-order valence-electron chi connectivity index (χ4n) is 2.17. The highest BCUT2D eigenvalue weighted by Crippen LogP contribution is 2.21. The van der Waals surface area contributed by atoms with E-state index in [1.165, 1.54) is 0 Å². The van der Waals surface area contributed by atoms with Crippen LogP contribution < -0.4 is 5.32 Å². The number of benzene rings is 2. The van der Waals surface area contributed by atoms with E-state index in [1.807, 2.05) is 60.7 Å². The monoisotopic (exact) mass is 292 g/mol. The molecule has 0 unspecified atom stereocenters. The summed E-state index contributed by atoms with van der Waals surface area (Å²) < 4.78 is 5.60. The number of oxazole rings is 1. The number of nitrogens with zero attached hydrogens (tertiary/aromatic N) is 1. The Morgan fingerprint density at radius 3 is 2.36 bits per heavy atom. The van der Waals surface area contributed by atoms with Crippen molar-refractivity contribution in [2.75, 3.05) is 0 Å². The second-order valence-electron chi connectivity index (χ2n) is 4.96. The Balaban J connectivity index is 1.74. The first kappa shape index (κ1) is 14.1. The van der Waals surface area contributed by atoms with Gasteiger partial charge < -0.3 is 9.73 Å². The van der Waals surface area contributed by atoms with Crippen molar-refractivity contribution in [2.24, 2.45) is 0 Å². The van der Waals surface area contributed by atoms with E-state index in [-0.39, 0.29) is 5.91 Å². The zero-order valence-corrected chi connectivity index (χ0v) is 12.2. The topological polar surface area (TPSA) is 55.1 Å². The minimum absolute atomic E-state index is 0.229. The minimum Gasteiger partial charge on any atom is -0.441 e. The van der Waals surface area contributed by atoms with Gasteiger partial charge in [0, 0.05) is 12.1 Å². The Morgan fingerprint density at radius 1 is 1.05 bits per heavy atom. The second kappa shape index (κ2) is 6.26. The first-order valence-corrected chi connectivity index (χ1v) is 7.09. The number of carbonyl (C=O) groups is 1. The molecule has 0 aliphatic carbocycles.